The van der Waals surface area contributed by atoms with Gasteiger partial charge in [0.2, 0.25) is 5.91 Å². The highest BCUT2D eigenvalue weighted by atomic mass is 79.9. The fourth-order valence-electron chi connectivity index (χ4n) is 1.07. The monoisotopic (exact) mass is 319 g/mol. The Morgan fingerprint density at radius 3 is 2.35 bits per heavy atom. The highest BCUT2D eigenvalue weighted by Crippen LogP contribution is 2.13. The fourth-order valence-corrected chi connectivity index (χ4v) is 2.07. The first-order valence-electron chi connectivity index (χ1n) is 4.59. The largest absolute Gasteiger partial charge is 0.481 e. The van der Waals surface area contributed by atoms with Crippen molar-refractivity contribution in [2.24, 2.45) is 0 Å². The molecular weight excluding hydrogens is 310 g/mol. The summed E-state index contributed by atoms with van der Waals surface area (Å²) in [4.78, 5) is 21.6. The average molecular weight is 320 g/mol. The minimum atomic E-state index is -1.68. The first-order chi connectivity index (χ1) is 7.97. The molecule has 0 aliphatic rings. The van der Waals surface area contributed by atoms with E-state index in [1.54, 1.807) is 24.3 Å². The Bertz CT molecular complexity index is 446. The zero-order chi connectivity index (χ0) is 12.8. The van der Waals surface area contributed by atoms with Gasteiger partial charge >= 0.3 is 5.97 Å². The third-order valence-corrected chi connectivity index (χ3v) is 3.39. The van der Waals surface area contributed by atoms with Crippen LogP contribution in [0.4, 0.5) is 5.69 Å². The molecule has 0 spiro atoms. The molecule has 5 nitrogen and oxygen atoms in total. The van der Waals surface area contributed by atoms with Crippen LogP contribution in [0.25, 0.3) is 0 Å². The number of carbonyl (C=O) groups excluding carboxylic acids is 1. The molecule has 7 heteroatoms. The Kier molecular flexibility index (Phi) is 5.30. The zero-order valence-electron chi connectivity index (χ0n) is 8.68. The van der Waals surface area contributed by atoms with Crippen LogP contribution in [-0.2, 0) is 20.4 Å². The van der Waals surface area contributed by atoms with Crippen LogP contribution < -0.4 is 5.32 Å². The van der Waals surface area contributed by atoms with Gasteiger partial charge in [-0.1, -0.05) is 15.9 Å². The molecule has 0 aromatic heterocycles. The van der Waals surface area contributed by atoms with Gasteiger partial charge in [-0.15, -0.1) is 0 Å². The first kappa shape index (κ1) is 13.9. The lowest BCUT2D eigenvalue weighted by molar-refractivity contribution is -0.133. The minimum Gasteiger partial charge on any atom is -0.481 e. The highest BCUT2D eigenvalue weighted by Gasteiger charge is 2.11. The van der Waals surface area contributed by atoms with Crippen molar-refractivity contribution >= 4 is 44.3 Å². The SMILES string of the molecule is O=C(O)C[S@@](=O)CC(=O)Nc1ccc(Br)cc1. The summed E-state index contributed by atoms with van der Waals surface area (Å²) >= 11 is 3.25. The second kappa shape index (κ2) is 6.51. The van der Waals surface area contributed by atoms with Crippen molar-refractivity contribution in [3.8, 4) is 0 Å². The van der Waals surface area contributed by atoms with E-state index in [4.69, 9.17) is 5.11 Å². The smallest absolute Gasteiger partial charge is 0.316 e. The molecule has 0 heterocycles. The van der Waals surface area contributed by atoms with Gasteiger partial charge in [-0.3, -0.25) is 13.8 Å². The summed E-state index contributed by atoms with van der Waals surface area (Å²) in [5.41, 5.74) is 0.575. The lowest BCUT2D eigenvalue weighted by atomic mass is 10.3. The topological polar surface area (TPSA) is 83.5 Å². The Hall–Kier alpha value is -1.21. The van der Waals surface area contributed by atoms with Crippen LogP contribution in [0.2, 0.25) is 0 Å². The molecule has 0 radical (unpaired) electrons. The molecule has 1 aromatic carbocycles. The molecule has 0 fully saturated rings. The van der Waals surface area contributed by atoms with Crippen LogP contribution in [0.1, 0.15) is 0 Å². The molecule has 0 bridgehead atoms. The van der Waals surface area contributed by atoms with E-state index < -0.39 is 28.4 Å². The van der Waals surface area contributed by atoms with Gasteiger partial charge in [0, 0.05) is 21.0 Å². The van der Waals surface area contributed by atoms with E-state index in [9.17, 15) is 13.8 Å². The molecule has 17 heavy (non-hydrogen) atoms. The van der Waals surface area contributed by atoms with E-state index in [0.29, 0.717) is 5.69 Å². The van der Waals surface area contributed by atoms with E-state index in [-0.39, 0.29) is 5.75 Å². The lowest BCUT2D eigenvalue weighted by Gasteiger charge is -2.04. The first-order valence-corrected chi connectivity index (χ1v) is 6.87. The molecule has 0 saturated heterocycles. The molecule has 1 aromatic rings. The summed E-state index contributed by atoms with van der Waals surface area (Å²) in [5.74, 6) is -2.48. The predicted octanol–water partition coefficient (Wildman–Crippen LogP) is 1.22. The van der Waals surface area contributed by atoms with Crippen molar-refractivity contribution in [2.45, 2.75) is 0 Å². The standard InChI is InChI=1S/C10H10BrNO4S/c11-7-1-3-8(4-2-7)12-9(13)5-17(16)6-10(14)15/h1-4H,5-6H2,(H,12,13)(H,14,15)/t17-/m0/s1. The van der Waals surface area contributed by atoms with Gasteiger partial charge in [0.15, 0.2) is 0 Å². The van der Waals surface area contributed by atoms with Gasteiger partial charge in [-0.25, -0.2) is 0 Å². The Balaban J connectivity index is 2.47. The number of hydrogen-bond acceptors (Lipinski definition) is 3. The fraction of sp³-hybridized carbons (Fsp3) is 0.200. The summed E-state index contributed by atoms with van der Waals surface area (Å²) < 4.78 is 12.0. The number of halogens is 1. The molecule has 0 aliphatic carbocycles. The van der Waals surface area contributed by atoms with Gasteiger partial charge in [0.05, 0.1) is 0 Å². The molecule has 0 unspecified atom stereocenters. The second-order valence-corrected chi connectivity index (χ2v) is 5.55. The number of anilines is 1. The van der Waals surface area contributed by atoms with Gasteiger partial charge < -0.3 is 10.4 Å². The third kappa shape index (κ3) is 5.60. The number of carboxylic acids is 1. The van der Waals surface area contributed by atoms with Crippen molar-refractivity contribution < 1.29 is 18.9 Å². The van der Waals surface area contributed by atoms with Gasteiger partial charge in [-0.05, 0) is 24.3 Å². The maximum Gasteiger partial charge on any atom is 0.316 e. The zero-order valence-corrected chi connectivity index (χ0v) is 11.1. The number of benzene rings is 1. The molecule has 1 atom stereocenters. The van der Waals surface area contributed by atoms with Crippen LogP contribution in [0, 0.1) is 0 Å². The number of aliphatic carboxylic acids is 1. The maximum atomic E-state index is 11.4. The van der Waals surface area contributed by atoms with Crippen LogP contribution in [0.5, 0.6) is 0 Å². The maximum absolute atomic E-state index is 11.4. The van der Waals surface area contributed by atoms with Crippen molar-refractivity contribution in [1.82, 2.24) is 0 Å². The van der Waals surface area contributed by atoms with E-state index in [2.05, 4.69) is 21.2 Å². The van der Waals surface area contributed by atoms with E-state index in [1.807, 2.05) is 0 Å². The normalized spacial score (nSPS) is 11.8. The van der Waals surface area contributed by atoms with Crippen molar-refractivity contribution in [3.05, 3.63) is 28.7 Å². The van der Waals surface area contributed by atoms with Gasteiger partial charge in [0.25, 0.3) is 0 Å². The molecule has 1 amide bonds. The summed E-state index contributed by atoms with van der Waals surface area (Å²) in [7, 11) is -1.68. The number of hydrogen-bond donors (Lipinski definition) is 2. The van der Waals surface area contributed by atoms with Crippen molar-refractivity contribution in [3.63, 3.8) is 0 Å². The molecule has 0 saturated carbocycles. The minimum absolute atomic E-state index is 0.317. The number of rotatable bonds is 5. The van der Waals surface area contributed by atoms with Crippen molar-refractivity contribution in [2.75, 3.05) is 16.8 Å². The summed E-state index contributed by atoms with van der Waals surface area (Å²) in [5, 5.41) is 10.9. The van der Waals surface area contributed by atoms with Crippen LogP contribution >= 0.6 is 15.9 Å². The number of carboxylic acid groups (broad SMARTS) is 1. The van der Waals surface area contributed by atoms with E-state index in [1.165, 1.54) is 0 Å². The quantitative estimate of drug-likeness (QED) is 0.854. The highest BCUT2D eigenvalue weighted by molar-refractivity contribution is 9.10. The second-order valence-electron chi connectivity index (χ2n) is 3.18. The Morgan fingerprint density at radius 2 is 1.82 bits per heavy atom. The summed E-state index contributed by atoms with van der Waals surface area (Å²) in [6.45, 7) is 0. The number of nitrogens with one attached hydrogen (secondary N) is 1. The van der Waals surface area contributed by atoms with Crippen LogP contribution in [-0.4, -0.2) is 32.7 Å². The third-order valence-electron chi connectivity index (χ3n) is 1.70. The Labute approximate surface area is 109 Å². The summed E-state index contributed by atoms with van der Waals surface area (Å²) in [6, 6.07) is 6.87. The number of carbonyl (C=O) groups is 2. The van der Waals surface area contributed by atoms with Gasteiger partial charge in [0.1, 0.15) is 11.5 Å². The van der Waals surface area contributed by atoms with Gasteiger partial charge in [-0.2, -0.15) is 0 Å². The Morgan fingerprint density at radius 1 is 1.24 bits per heavy atom. The van der Waals surface area contributed by atoms with E-state index in [0.717, 1.165) is 4.47 Å². The number of amides is 1. The molecule has 1 rings (SSSR count). The molecular formula is C10H10BrNO4S. The van der Waals surface area contributed by atoms with Crippen LogP contribution in [0.3, 0.4) is 0 Å². The molecule has 2 N–H and O–H groups in total. The predicted molar refractivity (Wildman–Crippen MR) is 68.3 cm³/mol. The average Bonchev–Trinajstić information content (AvgIpc) is 2.19. The molecule has 92 valence electrons. The molecule has 0 aliphatic heterocycles. The van der Waals surface area contributed by atoms with E-state index >= 15 is 0 Å². The summed E-state index contributed by atoms with van der Waals surface area (Å²) in [6.07, 6.45) is 0. The lowest BCUT2D eigenvalue weighted by Crippen LogP contribution is -2.23. The van der Waals surface area contributed by atoms with Crippen molar-refractivity contribution in [1.29, 1.82) is 0 Å². The van der Waals surface area contributed by atoms with Crippen LogP contribution in [0.15, 0.2) is 28.7 Å².